The second-order valence-electron chi connectivity index (χ2n) is 4.68. The number of benzene rings is 1. The van der Waals surface area contributed by atoms with Crippen molar-refractivity contribution in [2.75, 3.05) is 6.54 Å². The average molecular weight is 310 g/mol. The zero-order chi connectivity index (χ0) is 15.1. The van der Waals surface area contributed by atoms with Crippen LogP contribution in [0.1, 0.15) is 37.5 Å². The van der Waals surface area contributed by atoms with E-state index in [4.69, 9.17) is 20.9 Å². The largest absolute Gasteiger partial charge is 0.483 e. The van der Waals surface area contributed by atoms with E-state index in [0.29, 0.717) is 23.3 Å². The molecule has 0 radical (unpaired) electrons. The Morgan fingerprint density at radius 3 is 2.90 bits per heavy atom. The highest BCUT2D eigenvalue weighted by Crippen LogP contribution is 2.23. The number of aromatic nitrogens is 2. The fourth-order valence-electron chi connectivity index (χ4n) is 1.86. The summed E-state index contributed by atoms with van der Waals surface area (Å²) in [5.41, 5.74) is 1.02. The molecule has 2 rings (SSSR count). The maximum Gasteiger partial charge on any atom is 0.264 e. The van der Waals surface area contributed by atoms with Crippen molar-refractivity contribution in [3.05, 3.63) is 40.5 Å². The molecule has 6 heteroatoms. The molecular weight excluding hydrogens is 290 g/mol. The number of aryl methyl sites for hydroxylation is 1. The van der Waals surface area contributed by atoms with Gasteiger partial charge in [-0.15, -0.1) is 0 Å². The molecule has 0 saturated carbocycles. The summed E-state index contributed by atoms with van der Waals surface area (Å²) in [5.74, 6) is 1.95. The minimum atomic E-state index is 0.259. The van der Waals surface area contributed by atoms with Crippen LogP contribution < -0.4 is 10.1 Å². The van der Waals surface area contributed by atoms with Gasteiger partial charge in [0.25, 0.3) is 5.89 Å². The average Bonchev–Trinajstić information content (AvgIpc) is 2.95. The lowest BCUT2D eigenvalue weighted by Crippen LogP contribution is -2.14. The number of nitrogens with one attached hydrogen (secondary N) is 1. The van der Waals surface area contributed by atoms with Gasteiger partial charge in [0.2, 0.25) is 0 Å². The molecule has 0 aliphatic heterocycles. The van der Waals surface area contributed by atoms with Gasteiger partial charge < -0.3 is 14.6 Å². The highest BCUT2D eigenvalue weighted by atomic mass is 35.5. The van der Waals surface area contributed by atoms with E-state index in [0.717, 1.165) is 30.7 Å². The predicted molar refractivity (Wildman–Crippen MR) is 81.5 cm³/mol. The Labute approximate surface area is 129 Å². The summed E-state index contributed by atoms with van der Waals surface area (Å²) in [6.07, 6.45) is 1.83. The lowest BCUT2D eigenvalue weighted by atomic mass is 10.2. The van der Waals surface area contributed by atoms with Crippen molar-refractivity contribution in [3.8, 4) is 5.75 Å². The SMILES string of the molecule is CCCNCc1cc(Cl)ccc1OCc1nc(CC)no1. The third kappa shape index (κ3) is 4.72. The molecule has 0 amide bonds. The van der Waals surface area contributed by atoms with Crippen LogP contribution in [0.5, 0.6) is 5.75 Å². The van der Waals surface area contributed by atoms with Crippen molar-refractivity contribution >= 4 is 11.6 Å². The fraction of sp³-hybridized carbons (Fsp3) is 0.467. The number of hydrogen-bond donors (Lipinski definition) is 1. The first kappa shape index (κ1) is 15.8. The molecule has 1 heterocycles. The van der Waals surface area contributed by atoms with Crippen LogP contribution in [0.2, 0.25) is 5.02 Å². The minimum absolute atomic E-state index is 0.259. The van der Waals surface area contributed by atoms with E-state index in [1.165, 1.54) is 0 Å². The van der Waals surface area contributed by atoms with Gasteiger partial charge >= 0.3 is 0 Å². The monoisotopic (exact) mass is 309 g/mol. The van der Waals surface area contributed by atoms with Crippen LogP contribution in [0.15, 0.2) is 22.7 Å². The van der Waals surface area contributed by atoms with Gasteiger partial charge in [-0.3, -0.25) is 0 Å². The first-order valence-electron chi connectivity index (χ1n) is 7.16. The van der Waals surface area contributed by atoms with Crippen LogP contribution in [-0.2, 0) is 19.6 Å². The van der Waals surface area contributed by atoms with Gasteiger partial charge in [0.05, 0.1) is 0 Å². The topological polar surface area (TPSA) is 60.2 Å². The number of nitrogens with zero attached hydrogens (tertiary/aromatic N) is 2. The van der Waals surface area contributed by atoms with Gasteiger partial charge in [0.1, 0.15) is 5.75 Å². The molecule has 0 saturated heterocycles. The molecule has 1 N–H and O–H groups in total. The lowest BCUT2D eigenvalue weighted by molar-refractivity contribution is 0.240. The normalized spacial score (nSPS) is 10.8. The predicted octanol–water partition coefficient (Wildman–Crippen LogP) is 3.36. The first-order chi connectivity index (χ1) is 10.2. The molecule has 0 aliphatic carbocycles. The number of rotatable bonds is 8. The summed E-state index contributed by atoms with van der Waals surface area (Å²) < 4.78 is 10.9. The molecule has 0 fully saturated rings. The summed E-state index contributed by atoms with van der Waals surface area (Å²) in [7, 11) is 0. The van der Waals surface area contributed by atoms with Crippen molar-refractivity contribution in [2.24, 2.45) is 0 Å². The van der Waals surface area contributed by atoms with E-state index >= 15 is 0 Å². The van der Waals surface area contributed by atoms with Gasteiger partial charge in [-0.1, -0.05) is 30.6 Å². The highest BCUT2D eigenvalue weighted by molar-refractivity contribution is 6.30. The van der Waals surface area contributed by atoms with Crippen molar-refractivity contribution in [1.29, 1.82) is 0 Å². The van der Waals surface area contributed by atoms with E-state index in [2.05, 4.69) is 22.4 Å². The fourth-order valence-corrected chi connectivity index (χ4v) is 2.05. The van der Waals surface area contributed by atoms with E-state index in [1.807, 2.05) is 25.1 Å². The van der Waals surface area contributed by atoms with Crippen LogP contribution >= 0.6 is 11.6 Å². The summed E-state index contributed by atoms with van der Waals surface area (Å²) in [6.45, 7) is 6.04. The zero-order valence-electron chi connectivity index (χ0n) is 12.4. The smallest absolute Gasteiger partial charge is 0.264 e. The standard InChI is InChI=1S/C15H20ClN3O2/c1-3-7-17-9-11-8-12(16)5-6-13(11)20-10-15-18-14(4-2)19-21-15/h5-6,8,17H,3-4,7,9-10H2,1-2H3. The van der Waals surface area contributed by atoms with Crippen molar-refractivity contribution in [1.82, 2.24) is 15.5 Å². The summed E-state index contributed by atoms with van der Waals surface area (Å²) in [5, 5.41) is 7.88. The third-order valence-electron chi connectivity index (χ3n) is 2.94. The van der Waals surface area contributed by atoms with Crippen LogP contribution in [0.3, 0.4) is 0 Å². The maximum absolute atomic E-state index is 6.04. The van der Waals surface area contributed by atoms with E-state index in [-0.39, 0.29) is 6.61 Å². The van der Waals surface area contributed by atoms with Gasteiger partial charge in [0.15, 0.2) is 12.4 Å². The molecule has 0 spiro atoms. The van der Waals surface area contributed by atoms with Crippen molar-refractivity contribution < 1.29 is 9.26 Å². The minimum Gasteiger partial charge on any atom is -0.483 e. The van der Waals surface area contributed by atoms with Crippen molar-refractivity contribution in [2.45, 2.75) is 39.8 Å². The van der Waals surface area contributed by atoms with E-state index in [9.17, 15) is 0 Å². The molecule has 5 nitrogen and oxygen atoms in total. The Morgan fingerprint density at radius 1 is 1.33 bits per heavy atom. The first-order valence-corrected chi connectivity index (χ1v) is 7.54. The van der Waals surface area contributed by atoms with Crippen LogP contribution in [-0.4, -0.2) is 16.7 Å². The number of hydrogen-bond acceptors (Lipinski definition) is 5. The summed E-state index contributed by atoms with van der Waals surface area (Å²) >= 11 is 6.04. The van der Waals surface area contributed by atoms with Gasteiger partial charge in [-0.25, -0.2) is 0 Å². The molecule has 2 aromatic rings. The Morgan fingerprint density at radius 2 is 2.19 bits per heavy atom. The molecule has 1 aromatic carbocycles. The Balaban J connectivity index is 2.00. The Kier molecular flexibility index (Phi) is 6.02. The third-order valence-corrected chi connectivity index (χ3v) is 3.18. The zero-order valence-corrected chi connectivity index (χ0v) is 13.1. The molecular formula is C15H20ClN3O2. The highest BCUT2D eigenvalue weighted by Gasteiger charge is 2.09. The molecule has 0 atom stereocenters. The van der Waals surface area contributed by atoms with Crippen LogP contribution in [0.25, 0.3) is 0 Å². The van der Waals surface area contributed by atoms with Gasteiger partial charge in [-0.2, -0.15) is 4.98 Å². The van der Waals surface area contributed by atoms with E-state index in [1.54, 1.807) is 0 Å². The van der Waals surface area contributed by atoms with Gasteiger partial charge in [-0.05, 0) is 31.2 Å². The van der Waals surface area contributed by atoms with Crippen LogP contribution in [0, 0.1) is 0 Å². The Bertz CT molecular complexity index is 572. The molecule has 0 aliphatic rings. The maximum atomic E-state index is 6.04. The van der Waals surface area contributed by atoms with Crippen LogP contribution in [0.4, 0.5) is 0 Å². The number of ether oxygens (including phenoxy) is 1. The number of halogens is 1. The molecule has 21 heavy (non-hydrogen) atoms. The summed E-state index contributed by atoms with van der Waals surface area (Å²) in [6, 6.07) is 5.58. The molecule has 114 valence electrons. The summed E-state index contributed by atoms with van der Waals surface area (Å²) in [4.78, 5) is 4.22. The molecule has 0 bridgehead atoms. The Hall–Kier alpha value is -1.59. The van der Waals surface area contributed by atoms with E-state index < -0.39 is 0 Å². The van der Waals surface area contributed by atoms with Gasteiger partial charge in [0, 0.05) is 23.6 Å². The lowest BCUT2D eigenvalue weighted by Gasteiger charge is -2.11. The quantitative estimate of drug-likeness (QED) is 0.758. The second kappa shape index (κ2) is 8.00. The molecule has 1 aromatic heterocycles. The van der Waals surface area contributed by atoms with Crippen molar-refractivity contribution in [3.63, 3.8) is 0 Å². The second-order valence-corrected chi connectivity index (χ2v) is 5.11. The molecule has 0 unspecified atom stereocenters.